The number of carbonyl (C=O) groups is 1. The van der Waals surface area contributed by atoms with Gasteiger partial charge in [0.15, 0.2) is 11.7 Å². The summed E-state index contributed by atoms with van der Waals surface area (Å²) in [5.74, 6) is -1.14. The Morgan fingerprint density at radius 3 is 2.29 bits per heavy atom. The van der Waals surface area contributed by atoms with E-state index in [1.54, 1.807) is 0 Å². The fourth-order valence-electron chi connectivity index (χ4n) is 1.36. The predicted octanol–water partition coefficient (Wildman–Crippen LogP) is 2.02. The number of rotatable bonds is 5. The van der Waals surface area contributed by atoms with Crippen molar-refractivity contribution in [3.63, 3.8) is 0 Å². The van der Waals surface area contributed by atoms with Gasteiger partial charge in [0, 0.05) is 0 Å². The van der Waals surface area contributed by atoms with Crippen LogP contribution in [0.1, 0.15) is 13.8 Å². The highest BCUT2D eigenvalue weighted by Crippen LogP contribution is 2.21. The summed E-state index contributed by atoms with van der Waals surface area (Å²) in [4.78, 5) is 11.8. The molecule has 118 valence electrons. The average Bonchev–Trinajstić information content (AvgIpc) is 2.36. The molecule has 4 nitrogen and oxygen atoms in total. The quantitative estimate of drug-likeness (QED) is 0.818. The Kier molecular flexibility index (Phi) is 5.16. The summed E-state index contributed by atoms with van der Waals surface area (Å²) in [6.45, 7) is 1.70. The van der Waals surface area contributed by atoms with E-state index in [0.29, 0.717) is 0 Å². The van der Waals surface area contributed by atoms with Gasteiger partial charge in [-0.25, -0.2) is 4.39 Å². The van der Waals surface area contributed by atoms with Crippen LogP contribution in [-0.4, -0.2) is 35.4 Å². The van der Waals surface area contributed by atoms with Crippen molar-refractivity contribution in [3.05, 3.63) is 30.1 Å². The number of aliphatic hydroxyl groups excluding tert-OH is 1. The second kappa shape index (κ2) is 6.30. The van der Waals surface area contributed by atoms with Crippen LogP contribution < -0.4 is 10.1 Å². The number of aliphatic hydroxyl groups is 1. The fraction of sp³-hybridized carbons (Fsp3) is 0.462. The lowest BCUT2D eigenvalue weighted by atomic mass is 10.1. The van der Waals surface area contributed by atoms with Crippen molar-refractivity contribution in [2.75, 3.05) is 6.54 Å². The van der Waals surface area contributed by atoms with Crippen molar-refractivity contribution >= 4 is 5.91 Å². The molecule has 0 aromatic heterocycles. The number of benzene rings is 1. The zero-order valence-corrected chi connectivity index (χ0v) is 11.4. The van der Waals surface area contributed by atoms with E-state index in [1.807, 2.05) is 5.32 Å². The molecule has 1 aromatic carbocycles. The number of hydrogen-bond acceptors (Lipinski definition) is 3. The lowest BCUT2D eigenvalue weighted by molar-refractivity contribution is -0.202. The first-order valence-electron chi connectivity index (χ1n) is 6.00. The van der Waals surface area contributed by atoms with E-state index in [4.69, 9.17) is 9.84 Å². The number of alkyl halides is 3. The van der Waals surface area contributed by atoms with Gasteiger partial charge >= 0.3 is 6.18 Å². The second-order valence-corrected chi connectivity index (χ2v) is 4.83. The number of halogens is 4. The van der Waals surface area contributed by atoms with Crippen molar-refractivity contribution in [3.8, 4) is 5.75 Å². The molecule has 0 saturated heterocycles. The van der Waals surface area contributed by atoms with Gasteiger partial charge in [0.2, 0.25) is 0 Å². The monoisotopic (exact) mass is 309 g/mol. The molecule has 8 heteroatoms. The molecule has 1 atom stereocenters. The first-order chi connectivity index (χ1) is 9.52. The third-order valence-electron chi connectivity index (χ3n) is 2.57. The Balaban J connectivity index is 2.61. The Morgan fingerprint density at radius 1 is 1.29 bits per heavy atom. The fourth-order valence-corrected chi connectivity index (χ4v) is 1.36. The lowest BCUT2D eigenvalue weighted by Crippen LogP contribution is -2.50. The van der Waals surface area contributed by atoms with Crippen LogP contribution in [0.3, 0.4) is 0 Å². The minimum Gasteiger partial charge on any atom is -0.478 e. The maximum absolute atomic E-state index is 12.7. The third kappa shape index (κ3) is 5.22. The standard InChI is InChI=1S/C13H15F4NO3/c1-12(2,21-9-5-3-8(14)4-6-9)11(20)18-7-10(19)13(15,16)17/h3-6,10,19H,7H2,1-2H3,(H,18,20). The van der Waals surface area contributed by atoms with Crippen LogP contribution in [0.5, 0.6) is 5.75 Å². The summed E-state index contributed by atoms with van der Waals surface area (Å²) < 4.78 is 54.4. The topological polar surface area (TPSA) is 58.6 Å². The molecule has 2 N–H and O–H groups in total. The molecule has 0 heterocycles. The number of nitrogens with one attached hydrogen (secondary N) is 1. The van der Waals surface area contributed by atoms with Gasteiger partial charge in [-0.1, -0.05) is 0 Å². The van der Waals surface area contributed by atoms with E-state index in [1.165, 1.54) is 26.0 Å². The highest BCUT2D eigenvalue weighted by atomic mass is 19.4. The molecular formula is C13H15F4NO3. The van der Waals surface area contributed by atoms with Crippen LogP contribution in [0, 0.1) is 5.82 Å². The van der Waals surface area contributed by atoms with Gasteiger partial charge in [-0.2, -0.15) is 13.2 Å². The lowest BCUT2D eigenvalue weighted by Gasteiger charge is -2.26. The van der Waals surface area contributed by atoms with Gasteiger partial charge in [0.25, 0.3) is 5.91 Å². The Morgan fingerprint density at radius 2 is 1.81 bits per heavy atom. The molecule has 0 aliphatic rings. The Hall–Kier alpha value is -1.83. The summed E-state index contributed by atoms with van der Waals surface area (Å²) >= 11 is 0. The molecule has 1 rings (SSSR count). The van der Waals surface area contributed by atoms with E-state index in [2.05, 4.69) is 0 Å². The summed E-state index contributed by atoms with van der Waals surface area (Å²) in [7, 11) is 0. The molecule has 21 heavy (non-hydrogen) atoms. The SMILES string of the molecule is CC(C)(Oc1ccc(F)cc1)C(=O)NCC(O)C(F)(F)F. The molecule has 0 fully saturated rings. The van der Waals surface area contributed by atoms with Gasteiger partial charge in [0.05, 0.1) is 6.54 Å². The van der Waals surface area contributed by atoms with Crippen molar-refractivity contribution < 1.29 is 32.2 Å². The van der Waals surface area contributed by atoms with Gasteiger partial charge in [0.1, 0.15) is 11.6 Å². The predicted molar refractivity (Wildman–Crippen MR) is 66.2 cm³/mol. The molecule has 1 unspecified atom stereocenters. The number of amides is 1. The number of hydrogen-bond donors (Lipinski definition) is 2. The van der Waals surface area contributed by atoms with Gasteiger partial charge < -0.3 is 15.2 Å². The average molecular weight is 309 g/mol. The molecule has 0 saturated carbocycles. The Labute approximate surface area is 118 Å². The molecule has 0 spiro atoms. The zero-order valence-electron chi connectivity index (χ0n) is 11.4. The maximum Gasteiger partial charge on any atom is 0.416 e. The van der Waals surface area contributed by atoms with E-state index in [9.17, 15) is 22.4 Å². The van der Waals surface area contributed by atoms with E-state index in [0.717, 1.165) is 12.1 Å². The van der Waals surface area contributed by atoms with E-state index < -0.39 is 36.2 Å². The minimum atomic E-state index is -4.81. The van der Waals surface area contributed by atoms with Crippen molar-refractivity contribution in [1.82, 2.24) is 5.32 Å². The largest absolute Gasteiger partial charge is 0.478 e. The van der Waals surface area contributed by atoms with Crippen LogP contribution in [0.2, 0.25) is 0 Å². The van der Waals surface area contributed by atoms with Gasteiger partial charge in [-0.05, 0) is 38.1 Å². The van der Waals surface area contributed by atoms with Crippen molar-refractivity contribution in [2.45, 2.75) is 31.7 Å². The summed E-state index contributed by atoms with van der Waals surface area (Å²) in [6, 6.07) is 4.82. The highest BCUT2D eigenvalue weighted by molar-refractivity contribution is 5.84. The van der Waals surface area contributed by atoms with Crippen LogP contribution >= 0.6 is 0 Å². The normalized spacial score (nSPS) is 13.7. The highest BCUT2D eigenvalue weighted by Gasteiger charge is 2.39. The summed E-state index contributed by atoms with van der Waals surface area (Å²) in [6.07, 6.45) is -7.46. The molecule has 1 aromatic rings. The summed E-state index contributed by atoms with van der Waals surface area (Å²) in [5.41, 5.74) is -1.48. The molecule has 0 aliphatic heterocycles. The van der Waals surface area contributed by atoms with Crippen LogP contribution in [0.4, 0.5) is 17.6 Å². The molecular weight excluding hydrogens is 294 g/mol. The molecule has 1 amide bonds. The van der Waals surface area contributed by atoms with Crippen molar-refractivity contribution in [1.29, 1.82) is 0 Å². The number of carbonyl (C=O) groups excluding carboxylic acids is 1. The molecule has 0 bridgehead atoms. The maximum atomic E-state index is 12.7. The van der Waals surface area contributed by atoms with Crippen molar-refractivity contribution in [2.24, 2.45) is 0 Å². The first-order valence-corrected chi connectivity index (χ1v) is 6.00. The number of ether oxygens (including phenoxy) is 1. The molecule has 0 radical (unpaired) electrons. The smallest absolute Gasteiger partial charge is 0.416 e. The second-order valence-electron chi connectivity index (χ2n) is 4.83. The zero-order chi connectivity index (χ0) is 16.3. The Bertz CT molecular complexity index is 485. The van der Waals surface area contributed by atoms with Gasteiger partial charge in [-0.3, -0.25) is 4.79 Å². The first kappa shape index (κ1) is 17.2. The van der Waals surface area contributed by atoms with Crippen LogP contribution in [0.25, 0.3) is 0 Å². The summed E-state index contributed by atoms with van der Waals surface area (Å²) in [5, 5.41) is 10.8. The minimum absolute atomic E-state index is 0.188. The third-order valence-corrected chi connectivity index (χ3v) is 2.57. The van der Waals surface area contributed by atoms with Gasteiger partial charge in [-0.15, -0.1) is 0 Å². The van der Waals surface area contributed by atoms with Crippen LogP contribution in [-0.2, 0) is 4.79 Å². The van der Waals surface area contributed by atoms with E-state index >= 15 is 0 Å². The molecule has 0 aliphatic carbocycles. The van der Waals surface area contributed by atoms with Crippen LogP contribution in [0.15, 0.2) is 24.3 Å². The van der Waals surface area contributed by atoms with E-state index in [-0.39, 0.29) is 5.75 Å².